The summed E-state index contributed by atoms with van der Waals surface area (Å²) in [4.78, 5) is 10.2. The van der Waals surface area contributed by atoms with Gasteiger partial charge in [-0.1, -0.05) is 6.42 Å². The lowest BCUT2D eigenvalue weighted by atomic mass is 9.78. The fourth-order valence-corrected chi connectivity index (χ4v) is 1.59. The Balaban J connectivity index is 2.01. The molecular weight excluding hydrogens is 154 g/mol. The van der Waals surface area contributed by atoms with Gasteiger partial charge >= 0.3 is 5.97 Å². The van der Waals surface area contributed by atoms with Crippen molar-refractivity contribution in [1.82, 2.24) is 0 Å². The minimum absolute atomic E-state index is 0.248. The third-order valence-corrected chi connectivity index (χ3v) is 2.68. The number of nitrogens with two attached hydrogens (primary N) is 1. The summed E-state index contributed by atoms with van der Waals surface area (Å²) in [6.07, 6.45) is 5.66. The van der Waals surface area contributed by atoms with E-state index in [1.807, 2.05) is 0 Å². The van der Waals surface area contributed by atoms with Gasteiger partial charge in [0.15, 0.2) is 0 Å². The average molecular weight is 171 g/mol. The van der Waals surface area contributed by atoms with E-state index in [0.29, 0.717) is 5.92 Å². The molecule has 0 saturated heterocycles. The Kier molecular flexibility index (Phi) is 3.53. The molecule has 0 radical (unpaired) electrons. The van der Waals surface area contributed by atoms with Crippen molar-refractivity contribution in [1.29, 1.82) is 0 Å². The number of hydrogen-bond acceptors (Lipinski definition) is 2. The van der Waals surface area contributed by atoms with Crippen LogP contribution in [0.2, 0.25) is 0 Å². The number of carboxylic acids is 1. The zero-order valence-electron chi connectivity index (χ0n) is 7.33. The number of hydrogen-bond donors (Lipinski definition) is 2. The van der Waals surface area contributed by atoms with E-state index in [-0.39, 0.29) is 12.5 Å². The molecule has 0 heterocycles. The summed E-state index contributed by atoms with van der Waals surface area (Å²) in [7, 11) is 0. The van der Waals surface area contributed by atoms with Crippen LogP contribution >= 0.6 is 0 Å². The van der Waals surface area contributed by atoms with Gasteiger partial charge in [0.2, 0.25) is 0 Å². The summed E-state index contributed by atoms with van der Waals surface area (Å²) < 4.78 is 0. The van der Waals surface area contributed by atoms with Gasteiger partial charge in [0.1, 0.15) is 0 Å². The SMILES string of the molecule is NC(CCCC(=O)O)C1CCC1. The largest absolute Gasteiger partial charge is 0.481 e. The van der Waals surface area contributed by atoms with Crippen molar-refractivity contribution in [2.75, 3.05) is 0 Å². The number of rotatable bonds is 5. The van der Waals surface area contributed by atoms with Crippen LogP contribution in [-0.4, -0.2) is 17.1 Å². The molecule has 1 saturated carbocycles. The van der Waals surface area contributed by atoms with Crippen LogP contribution in [0.15, 0.2) is 0 Å². The summed E-state index contributed by atoms with van der Waals surface area (Å²) in [5.74, 6) is -0.0328. The van der Waals surface area contributed by atoms with Crippen LogP contribution < -0.4 is 5.73 Å². The van der Waals surface area contributed by atoms with Crippen molar-refractivity contribution >= 4 is 5.97 Å². The second kappa shape index (κ2) is 4.45. The third kappa shape index (κ3) is 2.81. The molecule has 1 fully saturated rings. The Hall–Kier alpha value is -0.570. The van der Waals surface area contributed by atoms with Gasteiger partial charge in [-0.3, -0.25) is 4.79 Å². The van der Waals surface area contributed by atoms with Gasteiger partial charge in [-0.2, -0.15) is 0 Å². The summed E-state index contributed by atoms with van der Waals surface area (Å²) in [5.41, 5.74) is 5.87. The second-order valence-electron chi connectivity index (χ2n) is 3.64. The molecule has 3 N–H and O–H groups in total. The molecule has 0 spiro atoms. The molecule has 1 aliphatic rings. The van der Waals surface area contributed by atoms with E-state index in [1.165, 1.54) is 19.3 Å². The molecule has 1 atom stereocenters. The maximum Gasteiger partial charge on any atom is 0.303 e. The van der Waals surface area contributed by atoms with Crippen molar-refractivity contribution < 1.29 is 9.90 Å². The van der Waals surface area contributed by atoms with Gasteiger partial charge < -0.3 is 10.8 Å². The van der Waals surface area contributed by atoms with Crippen molar-refractivity contribution in [3.8, 4) is 0 Å². The Labute approximate surface area is 72.9 Å². The minimum Gasteiger partial charge on any atom is -0.481 e. The van der Waals surface area contributed by atoms with Crippen molar-refractivity contribution in [3.05, 3.63) is 0 Å². The molecule has 12 heavy (non-hydrogen) atoms. The first-order chi connectivity index (χ1) is 5.70. The molecule has 0 aromatic heterocycles. The Morgan fingerprint density at radius 1 is 1.58 bits per heavy atom. The van der Waals surface area contributed by atoms with Crippen LogP contribution in [0.1, 0.15) is 38.5 Å². The molecule has 1 unspecified atom stereocenters. The highest BCUT2D eigenvalue weighted by Gasteiger charge is 2.23. The Bertz CT molecular complexity index is 155. The lowest BCUT2D eigenvalue weighted by molar-refractivity contribution is -0.137. The third-order valence-electron chi connectivity index (χ3n) is 2.68. The van der Waals surface area contributed by atoms with Gasteiger partial charge in [-0.15, -0.1) is 0 Å². The maximum absolute atomic E-state index is 10.2. The topological polar surface area (TPSA) is 63.3 Å². The van der Waals surface area contributed by atoms with E-state index < -0.39 is 5.97 Å². The van der Waals surface area contributed by atoms with Crippen LogP contribution in [0.4, 0.5) is 0 Å². The van der Waals surface area contributed by atoms with Crippen LogP contribution in [0.25, 0.3) is 0 Å². The van der Waals surface area contributed by atoms with Crippen LogP contribution in [-0.2, 0) is 4.79 Å². The van der Waals surface area contributed by atoms with Crippen LogP contribution in [0, 0.1) is 5.92 Å². The maximum atomic E-state index is 10.2. The van der Waals surface area contributed by atoms with Gasteiger partial charge in [0.25, 0.3) is 0 Å². The Morgan fingerprint density at radius 2 is 2.25 bits per heavy atom. The van der Waals surface area contributed by atoms with Crippen molar-refractivity contribution in [3.63, 3.8) is 0 Å². The van der Waals surface area contributed by atoms with E-state index in [1.54, 1.807) is 0 Å². The predicted molar refractivity (Wildman–Crippen MR) is 46.8 cm³/mol. The van der Waals surface area contributed by atoms with E-state index >= 15 is 0 Å². The highest BCUT2D eigenvalue weighted by Crippen LogP contribution is 2.30. The van der Waals surface area contributed by atoms with Gasteiger partial charge in [0, 0.05) is 12.5 Å². The summed E-state index contributed by atoms with van der Waals surface area (Å²) in [6, 6.07) is 0.248. The molecule has 0 aliphatic heterocycles. The predicted octanol–water partition coefficient (Wildman–Crippen LogP) is 1.37. The normalized spacial score (nSPS) is 20.1. The van der Waals surface area contributed by atoms with E-state index in [0.717, 1.165) is 12.8 Å². The fourth-order valence-electron chi connectivity index (χ4n) is 1.59. The first kappa shape index (κ1) is 9.52. The smallest absolute Gasteiger partial charge is 0.303 e. The minimum atomic E-state index is -0.712. The number of carboxylic acid groups (broad SMARTS) is 1. The molecule has 0 bridgehead atoms. The highest BCUT2D eigenvalue weighted by molar-refractivity contribution is 5.66. The molecule has 0 amide bonds. The van der Waals surface area contributed by atoms with Crippen LogP contribution in [0.3, 0.4) is 0 Å². The monoisotopic (exact) mass is 171 g/mol. The number of aliphatic carboxylic acids is 1. The average Bonchev–Trinajstić information content (AvgIpc) is 1.81. The standard InChI is InChI=1S/C9H17NO2/c10-8(7-3-1-4-7)5-2-6-9(11)12/h7-8H,1-6,10H2,(H,11,12). The van der Waals surface area contributed by atoms with Gasteiger partial charge in [-0.25, -0.2) is 0 Å². The lowest BCUT2D eigenvalue weighted by Crippen LogP contribution is -2.34. The van der Waals surface area contributed by atoms with E-state index in [4.69, 9.17) is 10.8 Å². The highest BCUT2D eigenvalue weighted by atomic mass is 16.4. The Morgan fingerprint density at radius 3 is 2.67 bits per heavy atom. The number of carbonyl (C=O) groups is 1. The van der Waals surface area contributed by atoms with E-state index in [9.17, 15) is 4.79 Å². The van der Waals surface area contributed by atoms with Gasteiger partial charge in [-0.05, 0) is 31.6 Å². The molecule has 1 aliphatic carbocycles. The quantitative estimate of drug-likeness (QED) is 0.656. The lowest BCUT2D eigenvalue weighted by Gasteiger charge is -2.31. The molecule has 0 aromatic rings. The fraction of sp³-hybridized carbons (Fsp3) is 0.889. The first-order valence-corrected chi connectivity index (χ1v) is 4.67. The zero-order valence-corrected chi connectivity index (χ0v) is 7.33. The van der Waals surface area contributed by atoms with Crippen molar-refractivity contribution in [2.45, 2.75) is 44.6 Å². The molecule has 3 nitrogen and oxygen atoms in total. The summed E-state index contributed by atoms with van der Waals surface area (Å²) in [6.45, 7) is 0. The first-order valence-electron chi connectivity index (χ1n) is 4.67. The zero-order chi connectivity index (χ0) is 8.97. The second-order valence-corrected chi connectivity index (χ2v) is 3.64. The van der Waals surface area contributed by atoms with Crippen LogP contribution in [0.5, 0.6) is 0 Å². The molecular formula is C9H17NO2. The molecule has 0 aromatic carbocycles. The molecule has 1 rings (SSSR count). The molecule has 3 heteroatoms. The van der Waals surface area contributed by atoms with Gasteiger partial charge in [0.05, 0.1) is 0 Å². The molecule has 70 valence electrons. The van der Waals surface area contributed by atoms with E-state index in [2.05, 4.69) is 0 Å². The van der Waals surface area contributed by atoms with Crippen molar-refractivity contribution in [2.24, 2.45) is 11.7 Å². The summed E-state index contributed by atoms with van der Waals surface area (Å²) in [5, 5.41) is 8.40. The summed E-state index contributed by atoms with van der Waals surface area (Å²) >= 11 is 0.